The van der Waals surface area contributed by atoms with Crippen LogP contribution in [0.2, 0.25) is 0 Å². The topological polar surface area (TPSA) is 43.8 Å². The third-order valence-corrected chi connectivity index (χ3v) is 4.05. The van der Waals surface area contributed by atoms with Crippen molar-refractivity contribution in [2.24, 2.45) is 11.7 Å². The lowest BCUT2D eigenvalue weighted by molar-refractivity contribution is 0.674. The minimum absolute atomic E-state index is 0.618. The smallest absolute Gasteiger partial charge is 0.0951 e. The van der Waals surface area contributed by atoms with Gasteiger partial charge in [-0.1, -0.05) is 6.92 Å². The van der Waals surface area contributed by atoms with Crippen LogP contribution in [0.15, 0.2) is 12.5 Å². The minimum atomic E-state index is 0.618. The zero-order valence-electron chi connectivity index (χ0n) is 9.22. The molecule has 0 saturated heterocycles. The molecule has 0 radical (unpaired) electrons. The molecule has 2 rings (SSSR count). The van der Waals surface area contributed by atoms with Gasteiger partial charge in [0.25, 0.3) is 0 Å². The van der Waals surface area contributed by atoms with Crippen LogP contribution < -0.4 is 5.73 Å². The molecule has 0 aliphatic heterocycles. The first-order valence-electron chi connectivity index (χ1n) is 5.59. The highest BCUT2D eigenvalue weighted by molar-refractivity contribution is 7.98. The molecular weight excluding hydrogens is 206 g/mol. The van der Waals surface area contributed by atoms with Gasteiger partial charge in [-0.15, -0.1) is 0 Å². The molecule has 1 atom stereocenters. The van der Waals surface area contributed by atoms with E-state index >= 15 is 0 Å². The minimum Gasteiger partial charge on any atom is -0.331 e. The lowest BCUT2D eigenvalue weighted by Gasteiger charge is -2.09. The van der Waals surface area contributed by atoms with E-state index in [2.05, 4.69) is 16.5 Å². The average molecular weight is 225 g/mol. The lowest BCUT2D eigenvalue weighted by Crippen LogP contribution is -2.13. The van der Waals surface area contributed by atoms with Gasteiger partial charge < -0.3 is 10.3 Å². The predicted molar refractivity (Wildman–Crippen MR) is 64.9 cm³/mol. The monoisotopic (exact) mass is 225 g/mol. The standard InChI is InChI=1S/C11H19N3S/c1-9(4-12)6-15-7-11-5-13-8-14(11)10-2-3-10/h5,8-10H,2-4,6-7,12H2,1H3. The molecule has 1 aliphatic carbocycles. The SMILES string of the molecule is CC(CN)CSCc1cncn1C1CC1. The maximum absolute atomic E-state index is 5.59. The third-order valence-electron chi connectivity index (χ3n) is 2.74. The van der Waals surface area contributed by atoms with Crippen molar-refractivity contribution in [2.45, 2.75) is 31.6 Å². The molecule has 0 spiro atoms. The Labute approximate surface area is 95.4 Å². The summed E-state index contributed by atoms with van der Waals surface area (Å²) in [4.78, 5) is 4.23. The van der Waals surface area contributed by atoms with E-state index in [1.54, 1.807) is 0 Å². The lowest BCUT2D eigenvalue weighted by atomic mass is 10.2. The zero-order chi connectivity index (χ0) is 10.7. The summed E-state index contributed by atoms with van der Waals surface area (Å²) < 4.78 is 2.33. The second-order valence-corrected chi connectivity index (χ2v) is 5.41. The van der Waals surface area contributed by atoms with Gasteiger partial charge in [0.1, 0.15) is 0 Å². The highest BCUT2D eigenvalue weighted by atomic mass is 32.2. The van der Waals surface area contributed by atoms with Gasteiger partial charge in [0, 0.05) is 23.7 Å². The Kier molecular flexibility index (Phi) is 3.70. The third kappa shape index (κ3) is 2.98. The van der Waals surface area contributed by atoms with E-state index in [9.17, 15) is 0 Å². The Morgan fingerprint density at radius 2 is 2.47 bits per heavy atom. The second-order valence-electron chi connectivity index (χ2n) is 4.38. The largest absolute Gasteiger partial charge is 0.331 e. The predicted octanol–water partition coefficient (Wildman–Crippen LogP) is 2.05. The summed E-state index contributed by atoms with van der Waals surface area (Å²) in [6.45, 7) is 2.99. The molecule has 84 valence electrons. The molecule has 3 nitrogen and oxygen atoms in total. The van der Waals surface area contributed by atoms with Crippen LogP contribution in [0.3, 0.4) is 0 Å². The fourth-order valence-electron chi connectivity index (χ4n) is 1.56. The molecule has 1 aliphatic rings. The Hall–Kier alpha value is -0.480. The maximum atomic E-state index is 5.59. The molecule has 1 fully saturated rings. The van der Waals surface area contributed by atoms with Gasteiger partial charge in [0.2, 0.25) is 0 Å². The summed E-state index contributed by atoms with van der Waals surface area (Å²) in [6, 6.07) is 0.745. The summed E-state index contributed by atoms with van der Waals surface area (Å²) >= 11 is 1.96. The highest BCUT2D eigenvalue weighted by Crippen LogP contribution is 2.36. The van der Waals surface area contributed by atoms with Gasteiger partial charge in [-0.25, -0.2) is 4.98 Å². The van der Waals surface area contributed by atoms with E-state index in [0.29, 0.717) is 5.92 Å². The molecule has 1 unspecified atom stereocenters. The molecule has 15 heavy (non-hydrogen) atoms. The molecular formula is C11H19N3S. The first-order chi connectivity index (χ1) is 7.31. The summed E-state index contributed by atoms with van der Waals surface area (Å²) in [5.74, 6) is 2.83. The van der Waals surface area contributed by atoms with E-state index in [1.807, 2.05) is 24.3 Å². The number of thioether (sulfide) groups is 1. The maximum Gasteiger partial charge on any atom is 0.0951 e. The summed E-state index contributed by atoms with van der Waals surface area (Å²) in [5, 5.41) is 0. The molecule has 1 heterocycles. The van der Waals surface area contributed by atoms with Crippen LogP contribution in [0.5, 0.6) is 0 Å². The second kappa shape index (κ2) is 5.03. The van der Waals surface area contributed by atoms with Crippen molar-refractivity contribution >= 4 is 11.8 Å². The van der Waals surface area contributed by atoms with Crippen molar-refractivity contribution in [3.8, 4) is 0 Å². The van der Waals surface area contributed by atoms with Crippen LogP contribution in [-0.4, -0.2) is 21.8 Å². The van der Waals surface area contributed by atoms with Crippen molar-refractivity contribution in [1.29, 1.82) is 0 Å². The normalized spacial score (nSPS) is 18.0. The fraction of sp³-hybridized carbons (Fsp3) is 0.727. The van der Waals surface area contributed by atoms with E-state index < -0.39 is 0 Å². The van der Waals surface area contributed by atoms with Gasteiger partial charge >= 0.3 is 0 Å². The van der Waals surface area contributed by atoms with Gasteiger partial charge in [0.05, 0.1) is 6.33 Å². The van der Waals surface area contributed by atoms with Crippen LogP contribution in [0.1, 0.15) is 31.5 Å². The van der Waals surface area contributed by atoms with Crippen molar-refractivity contribution in [3.05, 3.63) is 18.2 Å². The Morgan fingerprint density at radius 3 is 3.13 bits per heavy atom. The van der Waals surface area contributed by atoms with Gasteiger partial charge in [0.15, 0.2) is 0 Å². The van der Waals surface area contributed by atoms with Crippen molar-refractivity contribution in [3.63, 3.8) is 0 Å². The zero-order valence-corrected chi connectivity index (χ0v) is 10.0. The number of nitrogens with zero attached hydrogens (tertiary/aromatic N) is 2. The van der Waals surface area contributed by atoms with Crippen LogP contribution in [0.4, 0.5) is 0 Å². The quantitative estimate of drug-likeness (QED) is 0.806. The van der Waals surface area contributed by atoms with Crippen LogP contribution >= 0.6 is 11.8 Å². The number of hydrogen-bond donors (Lipinski definition) is 1. The summed E-state index contributed by atoms with van der Waals surface area (Å²) in [5.41, 5.74) is 6.96. The number of imidazole rings is 1. The van der Waals surface area contributed by atoms with E-state index in [0.717, 1.165) is 24.1 Å². The first kappa shape index (κ1) is 11.0. The molecule has 4 heteroatoms. The molecule has 2 N–H and O–H groups in total. The Balaban J connectivity index is 1.80. The van der Waals surface area contributed by atoms with E-state index in [-0.39, 0.29) is 0 Å². The Bertz CT molecular complexity index is 307. The number of aromatic nitrogens is 2. The summed E-state index contributed by atoms with van der Waals surface area (Å²) in [6.07, 6.45) is 6.62. The van der Waals surface area contributed by atoms with Gasteiger partial charge in [-0.2, -0.15) is 11.8 Å². The molecule has 1 aromatic heterocycles. The van der Waals surface area contributed by atoms with Gasteiger partial charge in [-0.3, -0.25) is 0 Å². The van der Waals surface area contributed by atoms with Crippen LogP contribution in [0.25, 0.3) is 0 Å². The van der Waals surface area contributed by atoms with Crippen molar-refractivity contribution in [1.82, 2.24) is 9.55 Å². The molecule has 1 aromatic rings. The van der Waals surface area contributed by atoms with Gasteiger partial charge in [-0.05, 0) is 31.1 Å². The van der Waals surface area contributed by atoms with Crippen LogP contribution in [0, 0.1) is 5.92 Å². The van der Waals surface area contributed by atoms with Crippen LogP contribution in [-0.2, 0) is 5.75 Å². The highest BCUT2D eigenvalue weighted by Gasteiger charge is 2.24. The summed E-state index contributed by atoms with van der Waals surface area (Å²) in [7, 11) is 0. The number of hydrogen-bond acceptors (Lipinski definition) is 3. The average Bonchev–Trinajstić information content (AvgIpc) is 2.99. The van der Waals surface area contributed by atoms with E-state index in [1.165, 1.54) is 18.5 Å². The van der Waals surface area contributed by atoms with E-state index in [4.69, 9.17) is 5.73 Å². The fourth-order valence-corrected chi connectivity index (χ4v) is 2.65. The first-order valence-corrected chi connectivity index (χ1v) is 6.75. The molecule has 0 amide bonds. The van der Waals surface area contributed by atoms with Crippen molar-refractivity contribution in [2.75, 3.05) is 12.3 Å². The Morgan fingerprint density at radius 1 is 1.67 bits per heavy atom. The van der Waals surface area contributed by atoms with Crippen molar-refractivity contribution < 1.29 is 0 Å². The molecule has 0 aromatic carbocycles. The number of nitrogens with two attached hydrogens (primary N) is 1. The number of rotatable bonds is 6. The molecule has 1 saturated carbocycles. The molecule has 0 bridgehead atoms.